The van der Waals surface area contributed by atoms with Crippen molar-refractivity contribution < 1.29 is 14.6 Å². The van der Waals surface area contributed by atoms with Crippen LogP contribution in [0.25, 0.3) is 0 Å². The van der Waals surface area contributed by atoms with Gasteiger partial charge in [-0.25, -0.2) is 0 Å². The molecule has 4 nitrogen and oxygen atoms in total. The van der Waals surface area contributed by atoms with E-state index in [0.717, 1.165) is 6.42 Å². The smallest absolute Gasteiger partial charge is 0.105 e. The van der Waals surface area contributed by atoms with Gasteiger partial charge in [-0.1, -0.05) is 18.6 Å². The molecule has 1 saturated carbocycles. The lowest BCUT2D eigenvalue weighted by Gasteiger charge is -2.54. The van der Waals surface area contributed by atoms with Crippen LogP contribution in [0, 0.1) is 10.8 Å². The van der Waals surface area contributed by atoms with Crippen molar-refractivity contribution in [3.63, 3.8) is 0 Å². The number of allylic oxidation sites excluding steroid dienone is 1. The molecule has 2 aliphatic rings. The number of epoxide rings is 1. The van der Waals surface area contributed by atoms with Crippen molar-refractivity contribution in [3.8, 4) is 0 Å². The molecule has 0 aromatic rings. The summed E-state index contributed by atoms with van der Waals surface area (Å²) in [5.41, 5.74) is -0.635. The predicted octanol–water partition coefficient (Wildman–Crippen LogP) is 3.30. The van der Waals surface area contributed by atoms with E-state index in [-0.39, 0.29) is 12.0 Å². The zero-order valence-electron chi connectivity index (χ0n) is 14.2. The van der Waals surface area contributed by atoms with E-state index in [1.807, 2.05) is 13.8 Å². The maximum absolute atomic E-state index is 11.2. The highest BCUT2D eigenvalue weighted by Gasteiger charge is 2.73. The average Bonchev–Trinajstić information content (AvgIpc) is 3.14. The summed E-state index contributed by atoms with van der Waals surface area (Å²) in [5, 5.41) is 19.4. The fourth-order valence-corrected chi connectivity index (χ4v) is 4.38. The molecule has 126 valence electrons. The molecule has 1 saturated heterocycles. The number of halogens is 1. The van der Waals surface area contributed by atoms with Gasteiger partial charge in [-0.2, -0.15) is 0 Å². The Morgan fingerprint density at radius 1 is 1.50 bits per heavy atom. The topological polar surface area (TPSA) is 65.8 Å². The van der Waals surface area contributed by atoms with E-state index in [4.69, 9.17) is 26.5 Å². The van der Waals surface area contributed by atoms with Gasteiger partial charge in [-0.05, 0) is 40.0 Å². The zero-order valence-corrected chi connectivity index (χ0v) is 15.0. The number of methoxy groups -OCH3 is 1. The molecule has 2 fully saturated rings. The summed E-state index contributed by atoms with van der Waals surface area (Å²) >= 11 is 6.14. The molecule has 2 rings (SSSR count). The first-order valence-electron chi connectivity index (χ1n) is 7.86. The second-order valence-corrected chi connectivity index (χ2v) is 7.51. The van der Waals surface area contributed by atoms with E-state index in [2.05, 4.69) is 19.9 Å². The van der Waals surface area contributed by atoms with E-state index in [1.165, 1.54) is 5.57 Å². The van der Waals surface area contributed by atoms with Crippen LogP contribution in [0.15, 0.2) is 11.6 Å². The standard InChI is InChI=1S/C17H28ClNO3/c1-11(2)6-7-13-16(4,22-13)15(3)14(21-5)12(19)8-9-17(15,20)10-18/h6,13-14,19-20H,7-10H2,1-5H3/t13?,14-,15-,16?,17?/m1/s1. The van der Waals surface area contributed by atoms with Crippen molar-refractivity contribution in [1.82, 2.24) is 0 Å². The van der Waals surface area contributed by atoms with Gasteiger partial charge in [0.2, 0.25) is 0 Å². The first-order chi connectivity index (χ1) is 10.2. The van der Waals surface area contributed by atoms with Crippen molar-refractivity contribution in [2.75, 3.05) is 13.0 Å². The van der Waals surface area contributed by atoms with Gasteiger partial charge >= 0.3 is 0 Å². The lowest BCUT2D eigenvalue weighted by molar-refractivity contribution is -0.158. The van der Waals surface area contributed by atoms with Crippen molar-refractivity contribution in [2.45, 2.75) is 70.4 Å². The minimum absolute atomic E-state index is 0.0192. The first-order valence-corrected chi connectivity index (χ1v) is 8.39. The van der Waals surface area contributed by atoms with Crippen molar-refractivity contribution in [3.05, 3.63) is 11.6 Å². The van der Waals surface area contributed by atoms with Crippen LogP contribution in [0.1, 0.15) is 47.0 Å². The Labute approximate surface area is 138 Å². The molecule has 5 atom stereocenters. The molecule has 0 spiro atoms. The molecule has 1 heterocycles. The molecule has 0 aromatic carbocycles. The predicted molar refractivity (Wildman–Crippen MR) is 88.9 cm³/mol. The summed E-state index contributed by atoms with van der Waals surface area (Å²) in [6.45, 7) is 8.09. The number of alkyl halides is 1. The minimum atomic E-state index is -1.10. The lowest BCUT2D eigenvalue weighted by Crippen LogP contribution is -2.67. The summed E-state index contributed by atoms with van der Waals surface area (Å²) in [7, 11) is 1.59. The Hall–Kier alpha value is -0.420. The summed E-state index contributed by atoms with van der Waals surface area (Å²) < 4.78 is 11.7. The number of nitrogens with one attached hydrogen (secondary N) is 1. The zero-order chi connectivity index (χ0) is 16.8. The van der Waals surface area contributed by atoms with Crippen LogP contribution in [0.5, 0.6) is 0 Å². The number of hydrogen-bond acceptors (Lipinski definition) is 4. The largest absolute Gasteiger partial charge is 0.388 e. The van der Waals surface area contributed by atoms with Crippen LogP contribution in [-0.4, -0.2) is 47.2 Å². The Morgan fingerprint density at radius 2 is 2.14 bits per heavy atom. The summed E-state index contributed by atoms with van der Waals surface area (Å²) in [6, 6.07) is 0. The van der Waals surface area contributed by atoms with Gasteiger partial charge in [0, 0.05) is 12.8 Å². The average molecular weight is 330 g/mol. The Bertz CT molecular complexity index is 490. The molecule has 0 aromatic heterocycles. The molecular formula is C17H28ClNO3. The Morgan fingerprint density at radius 3 is 2.64 bits per heavy atom. The molecular weight excluding hydrogens is 302 g/mol. The number of hydrogen-bond donors (Lipinski definition) is 2. The second kappa shape index (κ2) is 5.90. The summed E-state index contributed by atoms with van der Waals surface area (Å²) in [4.78, 5) is 0. The van der Waals surface area contributed by atoms with E-state index in [9.17, 15) is 5.11 Å². The van der Waals surface area contributed by atoms with Crippen LogP contribution in [0.4, 0.5) is 0 Å². The fourth-order valence-electron chi connectivity index (χ4n) is 3.96. The van der Waals surface area contributed by atoms with Gasteiger partial charge < -0.3 is 20.0 Å². The molecule has 22 heavy (non-hydrogen) atoms. The second-order valence-electron chi connectivity index (χ2n) is 7.24. The lowest BCUT2D eigenvalue weighted by atomic mass is 9.55. The molecule has 3 unspecified atom stereocenters. The molecule has 1 aliphatic heterocycles. The highest BCUT2D eigenvalue weighted by molar-refractivity contribution is 6.18. The highest BCUT2D eigenvalue weighted by atomic mass is 35.5. The summed E-state index contributed by atoms with van der Waals surface area (Å²) in [6.07, 6.45) is 3.47. The SMILES string of the molecule is CO[C@@H]1C(=N)CCC(O)(CCl)[C@@]1(C)C1(C)OC1CC=C(C)C. The van der Waals surface area contributed by atoms with E-state index < -0.39 is 22.7 Å². The molecule has 0 amide bonds. The third kappa shape index (κ3) is 2.44. The van der Waals surface area contributed by atoms with Crippen LogP contribution in [-0.2, 0) is 9.47 Å². The monoisotopic (exact) mass is 329 g/mol. The minimum Gasteiger partial charge on any atom is -0.388 e. The van der Waals surface area contributed by atoms with Gasteiger partial charge in [0.15, 0.2) is 0 Å². The molecule has 0 radical (unpaired) electrons. The molecule has 5 heteroatoms. The first kappa shape index (κ1) is 17.9. The van der Waals surface area contributed by atoms with Crippen molar-refractivity contribution in [2.24, 2.45) is 5.41 Å². The molecule has 0 bridgehead atoms. The van der Waals surface area contributed by atoms with Gasteiger partial charge in [-0.3, -0.25) is 0 Å². The maximum Gasteiger partial charge on any atom is 0.105 e. The quantitative estimate of drug-likeness (QED) is 0.462. The number of rotatable bonds is 5. The van der Waals surface area contributed by atoms with Gasteiger partial charge in [-0.15, -0.1) is 11.6 Å². The number of ether oxygens (including phenoxy) is 2. The van der Waals surface area contributed by atoms with Crippen LogP contribution >= 0.6 is 11.6 Å². The van der Waals surface area contributed by atoms with Crippen molar-refractivity contribution in [1.29, 1.82) is 5.41 Å². The van der Waals surface area contributed by atoms with E-state index in [1.54, 1.807) is 7.11 Å². The van der Waals surface area contributed by atoms with Gasteiger partial charge in [0.25, 0.3) is 0 Å². The van der Waals surface area contributed by atoms with E-state index >= 15 is 0 Å². The fraction of sp³-hybridized carbons (Fsp3) is 0.824. The van der Waals surface area contributed by atoms with Gasteiger partial charge in [0.1, 0.15) is 11.7 Å². The maximum atomic E-state index is 11.2. The Kier molecular flexibility index (Phi) is 4.80. The molecule has 2 N–H and O–H groups in total. The van der Waals surface area contributed by atoms with Crippen molar-refractivity contribution >= 4 is 17.3 Å². The normalized spacial score (nSPS) is 44.8. The van der Waals surface area contributed by atoms with E-state index in [0.29, 0.717) is 18.6 Å². The Balaban J connectivity index is 2.38. The van der Waals surface area contributed by atoms with Crippen LogP contribution in [0.3, 0.4) is 0 Å². The summed E-state index contributed by atoms with van der Waals surface area (Å²) in [5.74, 6) is 0.116. The molecule has 1 aliphatic carbocycles. The van der Waals surface area contributed by atoms with Crippen LogP contribution < -0.4 is 0 Å². The third-order valence-electron chi connectivity index (χ3n) is 5.79. The number of aliphatic hydroxyl groups is 1. The third-order valence-corrected chi connectivity index (χ3v) is 6.23. The van der Waals surface area contributed by atoms with Gasteiger partial charge in [0.05, 0.1) is 23.0 Å². The highest BCUT2D eigenvalue weighted by Crippen LogP contribution is 2.61. The van der Waals surface area contributed by atoms with Crippen LogP contribution in [0.2, 0.25) is 0 Å².